The monoisotopic (exact) mass is 239 g/mol. The maximum atomic E-state index is 5.80. The molecule has 2 saturated carbocycles. The fourth-order valence-electron chi connectivity index (χ4n) is 3.55. The van der Waals surface area contributed by atoms with Crippen LogP contribution >= 0.6 is 11.6 Å². The van der Waals surface area contributed by atoms with E-state index in [1.54, 1.807) is 0 Å². The predicted molar refractivity (Wildman–Crippen MR) is 63.2 cm³/mol. The molecule has 0 amide bonds. The lowest BCUT2D eigenvalue weighted by Gasteiger charge is -2.20. The number of hydrogen-bond donors (Lipinski definition) is 0. The van der Waals surface area contributed by atoms with Crippen LogP contribution in [0.3, 0.4) is 0 Å². The van der Waals surface area contributed by atoms with Crippen molar-refractivity contribution in [3.63, 3.8) is 0 Å². The van der Waals surface area contributed by atoms with E-state index in [0.717, 1.165) is 35.8 Å². The summed E-state index contributed by atoms with van der Waals surface area (Å²) in [5, 5.41) is 8.38. The molecule has 1 heterocycles. The molecule has 2 aliphatic rings. The summed E-state index contributed by atoms with van der Waals surface area (Å²) in [6.45, 7) is 0. The Hall–Kier alpha value is -0.570. The minimum absolute atomic E-state index is 0.459. The van der Waals surface area contributed by atoms with Crippen LogP contribution in [-0.4, -0.2) is 14.8 Å². The highest BCUT2D eigenvalue weighted by Gasteiger charge is 2.39. The normalized spacial score (nSPS) is 32.5. The SMILES string of the molecule is Cn1c(CCl)nnc1CC1CC2CCC1C2. The van der Waals surface area contributed by atoms with Crippen LogP contribution in [0.25, 0.3) is 0 Å². The average molecular weight is 240 g/mol. The number of aromatic nitrogens is 3. The van der Waals surface area contributed by atoms with Gasteiger partial charge in [-0.1, -0.05) is 6.42 Å². The van der Waals surface area contributed by atoms with Crippen molar-refractivity contribution < 1.29 is 0 Å². The van der Waals surface area contributed by atoms with Gasteiger partial charge in [0.25, 0.3) is 0 Å². The molecule has 2 fully saturated rings. The summed E-state index contributed by atoms with van der Waals surface area (Å²) >= 11 is 5.80. The highest BCUT2D eigenvalue weighted by Crippen LogP contribution is 2.49. The van der Waals surface area contributed by atoms with Gasteiger partial charge in [0.2, 0.25) is 0 Å². The Balaban J connectivity index is 1.72. The van der Waals surface area contributed by atoms with Gasteiger partial charge in [-0.25, -0.2) is 0 Å². The van der Waals surface area contributed by atoms with Gasteiger partial charge in [0.1, 0.15) is 11.6 Å². The second-order valence-corrected chi connectivity index (χ2v) is 5.63. The van der Waals surface area contributed by atoms with Crippen molar-refractivity contribution in [2.24, 2.45) is 24.8 Å². The van der Waals surface area contributed by atoms with E-state index in [-0.39, 0.29) is 0 Å². The van der Waals surface area contributed by atoms with Crippen molar-refractivity contribution >= 4 is 11.6 Å². The average Bonchev–Trinajstić information content (AvgIpc) is 2.96. The zero-order valence-corrected chi connectivity index (χ0v) is 10.5. The molecule has 0 radical (unpaired) electrons. The van der Waals surface area contributed by atoms with Crippen LogP contribution in [0.5, 0.6) is 0 Å². The third-order valence-electron chi connectivity index (χ3n) is 4.50. The summed E-state index contributed by atoms with van der Waals surface area (Å²) in [6, 6.07) is 0. The summed E-state index contributed by atoms with van der Waals surface area (Å²) in [7, 11) is 2.03. The largest absolute Gasteiger partial charge is 0.317 e. The highest BCUT2D eigenvalue weighted by molar-refractivity contribution is 6.16. The molecule has 0 aromatic carbocycles. The third-order valence-corrected chi connectivity index (χ3v) is 4.74. The molecular weight excluding hydrogens is 222 g/mol. The standard InChI is InChI=1S/C12H18ClN3/c1-16-11(14-15-12(16)7-13)6-10-5-8-2-3-9(10)4-8/h8-10H,2-7H2,1H3. The second kappa shape index (κ2) is 4.02. The van der Waals surface area contributed by atoms with Crippen molar-refractivity contribution in [3.05, 3.63) is 11.6 Å². The number of nitrogens with zero attached hydrogens (tertiary/aromatic N) is 3. The molecule has 88 valence electrons. The Morgan fingerprint density at radius 1 is 1.25 bits per heavy atom. The Labute approximate surface area is 101 Å². The molecule has 4 heteroatoms. The van der Waals surface area contributed by atoms with Crippen LogP contribution in [-0.2, 0) is 19.3 Å². The molecule has 3 unspecified atom stereocenters. The van der Waals surface area contributed by atoms with Gasteiger partial charge in [0, 0.05) is 13.5 Å². The Morgan fingerprint density at radius 3 is 2.62 bits per heavy atom. The van der Waals surface area contributed by atoms with E-state index >= 15 is 0 Å². The summed E-state index contributed by atoms with van der Waals surface area (Å²) in [6.07, 6.45) is 6.88. The van der Waals surface area contributed by atoms with Crippen LogP contribution in [0.4, 0.5) is 0 Å². The van der Waals surface area contributed by atoms with Crippen LogP contribution in [0.1, 0.15) is 37.3 Å². The molecule has 2 bridgehead atoms. The van der Waals surface area contributed by atoms with E-state index in [1.807, 2.05) is 7.05 Å². The molecule has 1 aromatic rings. The summed E-state index contributed by atoms with van der Waals surface area (Å²) in [4.78, 5) is 0. The molecule has 16 heavy (non-hydrogen) atoms. The van der Waals surface area contributed by atoms with Gasteiger partial charge in [-0.05, 0) is 37.0 Å². The van der Waals surface area contributed by atoms with Crippen molar-refractivity contribution in [1.82, 2.24) is 14.8 Å². The molecule has 0 saturated heterocycles. The van der Waals surface area contributed by atoms with Gasteiger partial charge in [-0.3, -0.25) is 0 Å². The number of fused-ring (bicyclic) bond motifs is 2. The number of halogens is 1. The molecule has 0 spiro atoms. The third kappa shape index (κ3) is 1.65. The molecule has 1 aromatic heterocycles. The van der Waals surface area contributed by atoms with E-state index in [9.17, 15) is 0 Å². The van der Waals surface area contributed by atoms with Crippen LogP contribution < -0.4 is 0 Å². The first-order chi connectivity index (χ1) is 7.78. The van der Waals surface area contributed by atoms with Crippen LogP contribution in [0.15, 0.2) is 0 Å². The van der Waals surface area contributed by atoms with Gasteiger partial charge in [-0.15, -0.1) is 21.8 Å². The number of alkyl halides is 1. The first kappa shape index (κ1) is 10.6. The van der Waals surface area contributed by atoms with E-state index in [0.29, 0.717) is 5.88 Å². The van der Waals surface area contributed by atoms with Crippen molar-refractivity contribution in [2.45, 2.75) is 38.0 Å². The first-order valence-corrected chi connectivity index (χ1v) is 6.74. The molecule has 0 N–H and O–H groups in total. The minimum atomic E-state index is 0.459. The van der Waals surface area contributed by atoms with E-state index in [2.05, 4.69) is 14.8 Å². The lowest BCUT2D eigenvalue weighted by atomic mass is 9.86. The molecule has 0 aliphatic heterocycles. The van der Waals surface area contributed by atoms with Crippen LogP contribution in [0, 0.1) is 17.8 Å². The maximum Gasteiger partial charge on any atom is 0.147 e. The van der Waals surface area contributed by atoms with Crippen LogP contribution in [0.2, 0.25) is 0 Å². The molecule has 2 aliphatic carbocycles. The van der Waals surface area contributed by atoms with E-state index in [4.69, 9.17) is 11.6 Å². The van der Waals surface area contributed by atoms with Crippen molar-refractivity contribution in [1.29, 1.82) is 0 Å². The van der Waals surface area contributed by atoms with Crippen molar-refractivity contribution in [3.8, 4) is 0 Å². The molecule has 3 rings (SSSR count). The quantitative estimate of drug-likeness (QED) is 0.759. The lowest BCUT2D eigenvalue weighted by molar-refractivity contribution is 0.324. The van der Waals surface area contributed by atoms with E-state index < -0.39 is 0 Å². The predicted octanol–water partition coefficient (Wildman–Crippen LogP) is 2.53. The van der Waals surface area contributed by atoms with Gasteiger partial charge in [0.15, 0.2) is 0 Å². The highest BCUT2D eigenvalue weighted by atomic mass is 35.5. The second-order valence-electron chi connectivity index (χ2n) is 5.36. The first-order valence-electron chi connectivity index (χ1n) is 6.21. The number of rotatable bonds is 3. The van der Waals surface area contributed by atoms with E-state index in [1.165, 1.54) is 25.7 Å². The minimum Gasteiger partial charge on any atom is -0.317 e. The molecule has 3 nitrogen and oxygen atoms in total. The Bertz CT molecular complexity index is 388. The van der Waals surface area contributed by atoms with Gasteiger partial charge in [0.05, 0.1) is 5.88 Å². The van der Waals surface area contributed by atoms with Gasteiger partial charge < -0.3 is 4.57 Å². The Morgan fingerprint density at radius 2 is 2.06 bits per heavy atom. The lowest BCUT2D eigenvalue weighted by Crippen LogP contribution is -2.15. The summed E-state index contributed by atoms with van der Waals surface area (Å²) in [5.41, 5.74) is 0. The fraction of sp³-hybridized carbons (Fsp3) is 0.833. The zero-order valence-electron chi connectivity index (χ0n) is 9.69. The van der Waals surface area contributed by atoms with Crippen molar-refractivity contribution in [2.75, 3.05) is 0 Å². The maximum absolute atomic E-state index is 5.80. The number of hydrogen-bond acceptors (Lipinski definition) is 2. The Kier molecular flexibility index (Phi) is 2.66. The van der Waals surface area contributed by atoms with Gasteiger partial charge in [-0.2, -0.15) is 0 Å². The summed E-state index contributed by atoms with van der Waals surface area (Å²) in [5.74, 6) is 5.29. The smallest absolute Gasteiger partial charge is 0.147 e. The zero-order chi connectivity index (χ0) is 11.1. The molecular formula is C12H18ClN3. The van der Waals surface area contributed by atoms with Gasteiger partial charge >= 0.3 is 0 Å². The topological polar surface area (TPSA) is 30.7 Å². The fourth-order valence-corrected chi connectivity index (χ4v) is 3.79. The summed E-state index contributed by atoms with van der Waals surface area (Å²) < 4.78 is 2.07. The molecule has 3 atom stereocenters.